The normalized spacial score (nSPS) is 20.8. The zero-order valence-corrected chi connectivity index (χ0v) is 16.8. The molecule has 2 unspecified atom stereocenters. The molecule has 1 aliphatic rings. The van der Waals surface area contributed by atoms with Crippen LogP contribution in [0.4, 0.5) is 15.8 Å². The molecule has 8 heteroatoms. The van der Waals surface area contributed by atoms with Crippen molar-refractivity contribution < 1.29 is 17.5 Å². The molecule has 1 aliphatic heterocycles. The van der Waals surface area contributed by atoms with Gasteiger partial charge in [-0.3, -0.25) is 4.72 Å². The van der Waals surface area contributed by atoms with E-state index in [2.05, 4.69) is 25.6 Å². The second-order valence-corrected chi connectivity index (χ2v) is 8.86. The first-order valence-corrected chi connectivity index (χ1v) is 10.5. The van der Waals surface area contributed by atoms with Crippen LogP contribution in [0.1, 0.15) is 13.8 Å². The van der Waals surface area contributed by atoms with Crippen LogP contribution in [0, 0.1) is 5.82 Å². The van der Waals surface area contributed by atoms with Crippen LogP contribution in [0.3, 0.4) is 0 Å². The van der Waals surface area contributed by atoms with Gasteiger partial charge in [0.25, 0.3) is 10.0 Å². The molecule has 1 saturated heterocycles. The third kappa shape index (κ3) is 4.19. The fourth-order valence-corrected chi connectivity index (χ4v) is 5.23. The van der Waals surface area contributed by atoms with E-state index < -0.39 is 15.8 Å². The van der Waals surface area contributed by atoms with E-state index in [-0.39, 0.29) is 21.6 Å². The molecule has 0 aliphatic carbocycles. The van der Waals surface area contributed by atoms with Crippen molar-refractivity contribution in [1.29, 1.82) is 0 Å². The highest BCUT2D eigenvalue weighted by Crippen LogP contribution is 2.32. The van der Waals surface area contributed by atoms with Gasteiger partial charge in [0.05, 0.1) is 23.6 Å². The molecule has 2 aromatic rings. The van der Waals surface area contributed by atoms with Gasteiger partial charge >= 0.3 is 0 Å². The summed E-state index contributed by atoms with van der Waals surface area (Å²) < 4.78 is 47.4. The zero-order chi connectivity index (χ0) is 18.9. The lowest BCUT2D eigenvalue weighted by Gasteiger charge is -2.37. The Bertz CT molecular complexity index is 897. The van der Waals surface area contributed by atoms with Gasteiger partial charge < -0.3 is 9.64 Å². The van der Waals surface area contributed by atoms with Crippen molar-refractivity contribution >= 4 is 37.3 Å². The van der Waals surface area contributed by atoms with Crippen LogP contribution >= 0.6 is 15.9 Å². The summed E-state index contributed by atoms with van der Waals surface area (Å²) in [7, 11) is -3.87. The summed E-state index contributed by atoms with van der Waals surface area (Å²) in [6, 6.07) is 10.7. The lowest BCUT2D eigenvalue weighted by atomic mass is 10.2. The lowest BCUT2D eigenvalue weighted by Crippen LogP contribution is -2.45. The molecule has 1 fully saturated rings. The number of benzene rings is 2. The van der Waals surface area contributed by atoms with Gasteiger partial charge in [0.1, 0.15) is 10.7 Å². The molecule has 3 rings (SSSR count). The highest BCUT2D eigenvalue weighted by atomic mass is 79.9. The van der Waals surface area contributed by atoms with Crippen molar-refractivity contribution in [2.24, 2.45) is 0 Å². The predicted octanol–water partition coefficient (Wildman–Crippen LogP) is 4.00. The Morgan fingerprint density at radius 3 is 2.46 bits per heavy atom. The van der Waals surface area contributed by atoms with Crippen LogP contribution in [-0.2, 0) is 14.8 Å². The SMILES string of the molecule is CC1CN(c2ccccc2NS(=O)(=O)c2ccc(F)cc2Br)CC(C)O1. The first-order valence-electron chi connectivity index (χ1n) is 8.23. The highest BCUT2D eigenvalue weighted by Gasteiger charge is 2.26. The van der Waals surface area contributed by atoms with Crippen LogP contribution in [0.15, 0.2) is 51.8 Å². The summed E-state index contributed by atoms with van der Waals surface area (Å²) in [5.74, 6) is -0.507. The van der Waals surface area contributed by atoms with E-state index in [1.807, 2.05) is 26.0 Å². The number of sulfonamides is 1. The molecule has 0 radical (unpaired) electrons. The molecule has 2 aromatic carbocycles. The summed E-state index contributed by atoms with van der Waals surface area (Å²) in [5.41, 5.74) is 1.27. The van der Waals surface area contributed by atoms with Crippen molar-refractivity contribution in [3.63, 3.8) is 0 Å². The van der Waals surface area contributed by atoms with Gasteiger partial charge in [-0.15, -0.1) is 0 Å². The van der Waals surface area contributed by atoms with Gasteiger partial charge in [0, 0.05) is 17.6 Å². The number of nitrogens with zero attached hydrogens (tertiary/aromatic N) is 1. The van der Waals surface area contributed by atoms with Crippen molar-refractivity contribution in [3.8, 4) is 0 Å². The minimum Gasteiger partial charge on any atom is -0.372 e. The van der Waals surface area contributed by atoms with E-state index in [0.29, 0.717) is 18.8 Å². The van der Waals surface area contributed by atoms with E-state index >= 15 is 0 Å². The van der Waals surface area contributed by atoms with Gasteiger partial charge in [0.2, 0.25) is 0 Å². The average Bonchev–Trinajstić information content (AvgIpc) is 2.53. The minimum atomic E-state index is -3.87. The van der Waals surface area contributed by atoms with Crippen LogP contribution in [-0.4, -0.2) is 33.7 Å². The molecule has 0 bridgehead atoms. The summed E-state index contributed by atoms with van der Waals surface area (Å²) in [6.07, 6.45) is 0.101. The maximum Gasteiger partial charge on any atom is 0.263 e. The van der Waals surface area contributed by atoms with Crippen LogP contribution in [0.5, 0.6) is 0 Å². The molecule has 26 heavy (non-hydrogen) atoms. The maximum absolute atomic E-state index is 13.3. The second kappa shape index (κ2) is 7.54. The Kier molecular flexibility index (Phi) is 5.55. The summed E-state index contributed by atoms with van der Waals surface area (Å²) in [4.78, 5) is 2.09. The molecule has 140 valence electrons. The van der Waals surface area contributed by atoms with Gasteiger partial charge in [-0.2, -0.15) is 0 Å². The molecule has 5 nitrogen and oxygen atoms in total. The summed E-state index contributed by atoms with van der Waals surface area (Å²) >= 11 is 3.12. The third-order valence-corrected chi connectivity index (χ3v) is 6.43. The maximum atomic E-state index is 13.3. The lowest BCUT2D eigenvalue weighted by molar-refractivity contribution is -0.00517. The Balaban J connectivity index is 1.93. The topological polar surface area (TPSA) is 58.6 Å². The number of anilines is 2. The van der Waals surface area contributed by atoms with Gasteiger partial charge in [-0.05, 0) is 60.1 Å². The Hall–Kier alpha value is -1.64. The fourth-order valence-electron chi connectivity index (χ4n) is 3.10. The Morgan fingerprint density at radius 1 is 1.15 bits per heavy atom. The third-order valence-electron chi connectivity index (χ3n) is 4.09. The Labute approximate surface area is 161 Å². The van der Waals surface area contributed by atoms with Crippen molar-refractivity contribution in [2.75, 3.05) is 22.7 Å². The number of rotatable bonds is 4. The van der Waals surface area contributed by atoms with E-state index in [0.717, 1.165) is 17.8 Å². The van der Waals surface area contributed by atoms with Crippen LogP contribution < -0.4 is 9.62 Å². The van der Waals surface area contributed by atoms with Crippen LogP contribution in [0.2, 0.25) is 0 Å². The standard InChI is InChI=1S/C18H20BrFN2O3S/c1-12-10-22(11-13(2)25-12)17-6-4-3-5-16(17)21-26(23,24)18-8-7-14(20)9-15(18)19/h3-9,12-13,21H,10-11H2,1-2H3. The van der Waals surface area contributed by atoms with Gasteiger partial charge in [-0.1, -0.05) is 12.1 Å². The zero-order valence-electron chi connectivity index (χ0n) is 14.4. The highest BCUT2D eigenvalue weighted by molar-refractivity contribution is 9.10. The number of nitrogens with one attached hydrogen (secondary N) is 1. The average molecular weight is 443 g/mol. The van der Waals surface area contributed by atoms with Gasteiger partial charge in [-0.25, -0.2) is 12.8 Å². The number of morpholine rings is 1. The number of ether oxygens (including phenoxy) is 1. The van der Waals surface area contributed by atoms with E-state index in [1.165, 1.54) is 6.07 Å². The predicted molar refractivity (Wildman–Crippen MR) is 104 cm³/mol. The largest absolute Gasteiger partial charge is 0.372 e. The molecule has 2 atom stereocenters. The first-order chi connectivity index (χ1) is 12.3. The number of para-hydroxylation sites is 2. The number of hydrogen-bond donors (Lipinski definition) is 1. The second-order valence-electron chi connectivity index (χ2n) is 6.36. The Morgan fingerprint density at radius 2 is 1.81 bits per heavy atom. The fraction of sp³-hybridized carbons (Fsp3) is 0.333. The molecular formula is C18H20BrFN2O3S. The molecule has 1 heterocycles. The van der Waals surface area contributed by atoms with Crippen molar-refractivity contribution in [3.05, 3.63) is 52.8 Å². The van der Waals surface area contributed by atoms with Crippen molar-refractivity contribution in [1.82, 2.24) is 0 Å². The molecule has 0 saturated carbocycles. The first kappa shape index (κ1) is 19.1. The molecule has 0 aromatic heterocycles. The minimum absolute atomic E-state index is 0.0163. The van der Waals surface area contributed by atoms with Crippen LogP contribution in [0.25, 0.3) is 0 Å². The summed E-state index contributed by atoms with van der Waals surface area (Å²) in [5, 5.41) is 0. The molecule has 0 amide bonds. The van der Waals surface area contributed by atoms with E-state index in [9.17, 15) is 12.8 Å². The smallest absolute Gasteiger partial charge is 0.263 e. The molecule has 0 spiro atoms. The molecular weight excluding hydrogens is 423 g/mol. The van der Waals surface area contributed by atoms with Crippen molar-refractivity contribution in [2.45, 2.75) is 31.0 Å². The number of halogens is 2. The monoisotopic (exact) mass is 442 g/mol. The van der Waals surface area contributed by atoms with E-state index in [1.54, 1.807) is 12.1 Å². The summed E-state index contributed by atoms with van der Waals surface area (Å²) in [6.45, 7) is 5.32. The van der Waals surface area contributed by atoms with Gasteiger partial charge in [0.15, 0.2) is 0 Å². The molecule has 1 N–H and O–H groups in total. The number of hydrogen-bond acceptors (Lipinski definition) is 4. The van der Waals surface area contributed by atoms with E-state index in [4.69, 9.17) is 4.74 Å². The quantitative estimate of drug-likeness (QED) is 0.776.